The number of sulfonamides is 1. The van der Waals surface area contributed by atoms with Gasteiger partial charge in [0.25, 0.3) is 0 Å². The van der Waals surface area contributed by atoms with Crippen LogP contribution in [0.15, 0.2) is 29.2 Å². The molecule has 3 nitrogen and oxygen atoms in total. The SMILES string of the molecule is O=S(=O)(NCC1(CCl)CCCCC1)c1cccc(Cl)c1. The van der Waals surface area contributed by atoms with Crippen molar-refractivity contribution >= 4 is 33.2 Å². The van der Waals surface area contributed by atoms with Gasteiger partial charge in [-0.2, -0.15) is 0 Å². The molecule has 0 unspecified atom stereocenters. The summed E-state index contributed by atoms with van der Waals surface area (Å²) in [6, 6.07) is 6.29. The maximum absolute atomic E-state index is 12.3. The van der Waals surface area contributed by atoms with Crippen molar-refractivity contribution in [2.75, 3.05) is 12.4 Å². The van der Waals surface area contributed by atoms with Crippen molar-refractivity contribution in [3.63, 3.8) is 0 Å². The van der Waals surface area contributed by atoms with Crippen LogP contribution in [0.25, 0.3) is 0 Å². The molecule has 0 spiro atoms. The second kappa shape index (κ2) is 6.65. The summed E-state index contributed by atoms with van der Waals surface area (Å²) < 4.78 is 27.2. The van der Waals surface area contributed by atoms with Crippen LogP contribution in [-0.4, -0.2) is 20.8 Å². The first-order valence-corrected chi connectivity index (χ1v) is 9.18. The van der Waals surface area contributed by atoms with E-state index >= 15 is 0 Å². The van der Waals surface area contributed by atoms with E-state index in [1.807, 2.05) is 0 Å². The molecule has 1 aliphatic carbocycles. The molecule has 0 aliphatic heterocycles. The monoisotopic (exact) mass is 335 g/mol. The van der Waals surface area contributed by atoms with Crippen LogP contribution in [0.3, 0.4) is 0 Å². The summed E-state index contributed by atoms with van der Waals surface area (Å²) in [6.45, 7) is 0.394. The van der Waals surface area contributed by atoms with Crippen molar-refractivity contribution in [2.24, 2.45) is 5.41 Å². The topological polar surface area (TPSA) is 46.2 Å². The van der Waals surface area contributed by atoms with Gasteiger partial charge in [0.2, 0.25) is 10.0 Å². The molecule has 1 aromatic carbocycles. The molecule has 2 rings (SSSR count). The number of rotatable bonds is 5. The molecule has 1 aromatic rings. The van der Waals surface area contributed by atoms with Gasteiger partial charge in [-0.15, -0.1) is 11.6 Å². The molecule has 0 bridgehead atoms. The van der Waals surface area contributed by atoms with Gasteiger partial charge >= 0.3 is 0 Å². The Kier molecular flexibility index (Phi) is 5.35. The number of hydrogen-bond donors (Lipinski definition) is 1. The molecular weight excluding hydrogens is 317 g/mol. The maximum Gasteiger partial charge on any atom is 0.240 e. The fraction of sp³-hybridized carbons (Fsp3) is 0.571. The van der Waals surface area contributed by atoms with E-state index in [1.165, 1.54) is 12.5 Å². The van der Waals surface area contributed by atoms with Crippen molar-refractivity contribution in [2.45, 2.75) is 37.0 Å². The maximum atomic E-state index is 12.3. The summed E-state index contributed by atoms with van der Waals surface area (Å²) in [4.78, 5) is 0.200. The highest BCUT2D eigenvalue weighted by Crippen LogP contribution is 2.37. The quantitative estimate of drug-likeness (QED) is 0.831. The van der Waals surface area contributed by atoms with Crippen LogP contribution in [-0.2, 0) is 10.0 Å². The average Bonchev–Trinajstić information content (AvgIpc) is 2.46. The molecular formula is C14H19Cl2NO2S. The Hall–Kier alpha value is -0.290. The molecule has 1 fully saturated rings. The van der Waals surface area contributed by atoms with Crippen molar-refractivity contribution in [3.8, 4) is 0 Å². The second-order valence-corrected chi connectivity index (χ2v) is 7.95. The fourth-order valence-corrected chi connectivity index (χ4v) is 4.44. The molecule has 1 N–H and O–H groups in total. The smallest absolute Gasteiger partial charge is 0.211 e. The third-order valence-corrected chi connectivity index (χ3v) is 6.14. The van der Waals surface area contributed by atoms with Gasteiger partial charge in [-0.1, -0.05) is 36.9 Å². The summed E-state index contributed by atoms with van der Waals surface area (Å²) >= 11 is 11.9. The van der Waals surface area contributed by atoms with Crippen LogP contribution in [0.5, 0.6) is 0 Å². The minimum Gasteiger partial charge on any atom is -0.211 e. The van der Waals surface area contributed by atoms with E-state index in [4.69, 9.17) is 23.2 Å². The number of halogens is 2. The minimum absolute atomic E-state index is 0.106. The zero-order valence-electron chi connectivity index (χ0n) is 11.2. The Labute approximate surface area is 130 Å². The van der Waals surface area contributed by atoms with E-state index in [9.17, 15) is 8.42 Å². The van der Waals surface area contributed by atoms with Gasteiger partial charge in [-0.25, -0.2) is 13.1 Å². The largest absolute Gasteiger partial charge is 0.240 e. The van der Waals surface area contributed by atoms with E-state index in [-0.39, 0.29) is 10.3 Å². The summed E-state index contributed by atoms with van der Waals surface area (Å²) in [6.07, 6.45) is 5.40. The molecule has 1 saturated carbocycles. The summed E-state index contributed by atoms with van der Waals surface area (Å²) in [5, 5.41) is 0.414. The van der Waals surface area contributed by atoms with Gasteiger partial charge in [0.15, 0.2) is 0 Å². The Balaban J connectivity index is 2.08. The number of alkyl halides is 1. The number of benzene rings is 1. The molecule has 6 heteroatoms. The molecule has 0 saturated heterocycles. The van der Waals surface area contributed by atoms with Gasteiger partial charge in [-0.05, 0) is 36.5 Å². The molecule has 0 aromatic heterocycles. The predicted octanol–water partition coefficient (Wildman–Crippen LogP) is 3.81. The summed E-state index contributed by atoms with van der Waals surface area (Å²) in [5.74, 6) is 0.491. The summed E-state index contributed by atoms with van der Waals surface area (Å²) in [5.41, 5.74) is -0.106. The number of nitrogens with one attached hydrogen (secondary N) is 1. The van der Waals surface area contributed by atoms with Gasteiger partial charge in [0, 0.05) is 17.4 Å². The fourth-order valence-electron chi connectivity index (χ4n) is 2.63. The minimum atomic E-state index is -3.52. The lowest BCUT2D eigenvalue weighted by Crippen LogP contribution is -2.40. The zero-order chi connectivity index (χ0) is 14.6. The van der Waals surface area contributed by atoms with Crippen LogP contribution in [0.1, 0.15) is 32.1 Å². The molecule has 20 heavy (non-hydrogen) atoms. The Bertz CT molecular complexity index is 554. The van der Waals surface area contributed by atoms with Gasteiger partial charge in [0.1, 0.15) is 0 Å². The molecule has 0 heterocycles. The van der Waals surface area contributed by atoms with Crippen molar-refractivity contribution in [1.29, 1.82) is 0 Å². The molecule has 112 valence electrons. The zero-order valence-corrected chi connectivity index (χ0v) is 13.6. The standard InChI is InChI=1S/C14H19Cl2NO2S/c15-10-14(7-2-1-3-8-14)11-17-20(18,19)13-6-4-5-12(16)9-13/h4-6,9,17H,1-3,7-8,10-11H2. The van der Waals surface area contributed by atoms with E-state index in [0.29, 0.717) is 17.4 Å². The highest BCUT2D eigenvalue weighted by atomic mass is 35.5. The highest BCUT2D eigenvalue weighted by Gasteiger charge is 2.32. The molecule has 0 atom stereocenters. The van der Waals surface area contributed by atoms with Crippen LogP contribution < -0.4 is 4.72 Å². The average molecular weight is 336 g/mol. The molecule has 0 radical (unpaired) electrons. The van der Waals surface area contributed by atoms with Gasteiger partial charge in [-0.3, -0.25) is 0 Å². The second-order valence-electron chi connectivity index (χ2n) is 5.48. The third kappa shape index (κ3) is 3.88. The van der Waals surface area contributed by atoms with Gasteiger partial charge in [0.05, 0.1) is 4.90 Å². The van der Waals surface area contributed by atoms with Crippen LogP contribution in [0.2, 0.25) is 5.02 Å². The lowest BCUT2D eigenvalue weighted by atomic mass is 9.76. The van der Waals surface area contributed by atoms with Crippen LogP contribution >= 0.6 is 23.2 Å². The van der Waals surface area contributed by atoms with Crippen LogP contribution in [0.4, 0.5) is 0 Å². The van der Waals surface area contributed by atoms with E-state index in [0.717, 1.165) is 25.7 Å². The summed E-state index contributed by atoms with van der Waals surface area (Å²) in [7, 11) is -3.52. The first kappa shape index (κ1) is 16.1. The predicted molar refractivity (Wildman–Crippen MR) is 82.9 cm³/mol. The first-order valence-electron chi connectivity index (χ1n) is 6.79. The van der Waals surface area contributed by atoms with Crippen LogP contribution in [0, 0.1) is 5.41 Å². The number of hydrogen-bond acceptors (Lipinski definition) is 2. The van der Waals surface area contributed by atoms with Crippen molar-refractivity contribution in [3.05, 3.63) is 29.3 Å². The first-order chi connectivity index (χ1) is 9.47. The van der Waals surface area contributed by atoms with Crippen molar-refractivity contribution < 1.29 is 8.42 Å². The van der Waals surface area contributed by atoms with E-state index in [1.54, 1.807) is 18.2 Å². The normalized spacial score (nSPS) is 18.9. The Morgan fingerprint density at radius 1 is 1.20 bits per heavy atom. The van der Waals surface area contributed by atoms with E-state index < -0.39 is 10.0 Å². The molecule has 1 aliphatic rings. The Morgan fingerprint density at radius 2 is 1.90 bits per heavy atom. The lowest BCUT2D eigenvalue weighted by molar-refractivity contribution is 0.223. The third-order valence-electron chi connectivity index (χ3n) is 3.94. The van der Waals surface area contributed by atoms with Crippen molar-refractivity contribution in [1.82, 2.24) is 4.72 Å². The lowest BCUT2D eigenvalue weighted by Gasteiger charge is -2.35. The Morgan fingerprint density at radius 3 is 2.50 bits per heavy atom. The molecule has 0 amide bonds. The van der Waals surface area contributed by atoms with E-state index in [2.05, 4.69) is 4.72 Å². The van der Waals surface area contributed by atoms with Gasteiger partial charge < -0.3 is 0 Å². The highest BCUT2D eigenvalue weighted by molar-refractivity contribution is 7.89.